The second-order valence-corrected chi connectivity index (χ2v) is 5.53. The highest BCUT2D eigenvalue weighted by Crippen LogP contribution is 2.08. The molecule has 0 aliphatic carbocycles. The van der Waals surface area contributed by atoms with E-state index in [2.05, 4.69) is 15.4 Å². The SMILES string of the molecule is COCCN(CC(=O)Nc1ccn(C)n1)Cc1nccs1. The first-order chi connectivity index (χ1) is 10.2. The van der Waals surface area contributed by atoms with Crippen LogP contribution in [0.3, 0.4) is 0 Å². The fraction of sp³-hybridized carbons (Fsp3) is 0.462. The zero-order valence-electron chi connectivity index (χ0n) is 12.2. The molecule has 2 heterocycles. The summed E-state index contributed by atoms with van der Waals surface area (Å²) >= 11 is 1.58. The maximum atomic E-state index is 12.1. The average Bonchev–Trinajstić information content (AvgIpc) is 3.08. The lowest BCUT2D eigenvalue weighted by Gasteiger charge is -2.19. The number of thiazole rings is 1. The smallest absolute Gasteiger partial charge is 0.239 e. The molecule has 0 radical (unpaired) electrons. The average molecular weight is 309 g/mol. The molecule has 114 valence electrons. The Morgan fingerprint density at radius 3 is 3.05 bits per heavy atom. The van der Waals surface area contributed by atoms with Gasteiger partial charge in [-0.15, -0.1) is 11.3 Å². The van der Waals surface area contributed by atoms with Crippen molar-refractivity contribution in [2.24, 2.45) is 7.05 Å². The lowest BCUT2D eigenvalue weighted by Crippen LogP contribution is -2.35. The van der Waals surface area contributed by atoms with Crippen LogP contribution in [-0.4, -0.2) is 52.4 Å². The number of hydrogen-bond acceptors (Lipinski definition) is 6. The molecule has 0 saturated heterocycles. The Morgan fingerprint density at radius 1 is 1.57 bits per heavy atom. The number of methoxy groups -OCH3 is 1. The van der Waals surface area contributed by atoms with Crippen LogP contribution in [0, 0.1) is 0 Å². The number of ether oxygens (including phenoxy) is 1. The summed E-state index contributed by atoms with van der Waals surface area (Å²) in [5, 5.41) is 9.82. The van der Waals surface area contributed by atoms with Crippen molar-refractivity contribution in [3.63, 3.8) is 0 Å². The second kappa shape index (κ2) is 7.87. The molecule has 2 aromatic heterocycles. The minimum Gasteiger partial charge on any atom is -0.383 e. The van der Waals surface area contributed by atoms with E-state index in [1.54, 1.807) is 41.6 Å². The van der Waals surface area contributed by atoms with Crippen molar-refractivity contribution in [1.29, 1.82) is 0 Å². The van der Waals surface area contributed by atoms with E-state index < -0.39 is 0 Å². The van der Waals surface area contributed by atoms with Crippen molar-refractivity contribution in [3.05, 3.63) is 28.8 Å². The molecule has 0 fully saturated rings. The number of anilines is 1. The molecule has 0 aliphatic rings. The summed E-state index contributed by atoms with van der Waals surface area (Å²) < 4.78 is 6.74. The van der Waals surface area contributed by atoms with Crippen LogP contribution >= 0.6 is 11.3 Å². The maximum absolute atomic E-state index is 12.1. The highest BCUT2D eigenvalue weighted by molar-refractivity contribution is 7.09. The van der Waals surface area contributed by atoms with Crippen molar-refractivity contribution < 1.29 is 9.53 Å². The number of rotatable bonds is 8. The van der Waals surface area contributed by atoms with Gasteiger partial charge in [0.25, 0.3) is 0 Å². The molecule has 8 heteroatoms. The number of nitrogens with zero attached hydrogens (tertiary/aromatic N) is 4. The minimum absolute atomic E-state index is 0.0960. The molecule has 1 amide bonds. The van der Waals surface area contributed by atoms with E-state index in [-0.39, 0.29) is 12.5 Å². The number of carbonyl (C=O) groups excluding carboxylic acids is 1. The predicted octanol–water partition coefficient (Wildman–Crippen LogP) is 0.964. The van der Waals surface area contributed by atoms with Crippen molar-refractivity contribution in [2.45, 2.75) is 6.54 Å². The van der Waals surface area contributed by atoms with Gasteiger partial charge in [0, 0.05) is 44.5 Å². The lowest BCUT2D eigenvalue weighted by atomic mass is 10.4. The van der Waals surface area contributed by atoms with E-state index in [9.17, 15) is 4.79 Å². The van der Waals surface area contributed by atoms with Gasteiger partial charge in [0.05, 0.1) is 19.7 Å². The van der Waals surface area contributed by atoms with Crippen LogP contribution in [0.1, 0.15) is 5.01 Å². The van der Waals surface area contributed by atoms with Crippen molar-refractivity contribution in [2.75, 3.05) is 32.1 Å². The largest absolute Gasteiger partial charge is 0.383 e. The van der Waals surface area contributed by atoms with Gasteiger partial charge in [-0.25, -0.2) is 4.98 Å². The fourth-order valence-corrected chi connectivity index (χ4v) is 2.48. The Hall–Kier alpha value is -1.77. The molecule has 2 aromatic rings. The molecule has 0 aliphatic heterocycles. The molecule has 0 saturated carbocycles. The quantitative estimate of drug-likeness (QED) is 0.786. The first kappa shape index (κ1) is 15.6. The zero-order chi connectivity index (χ0) is 15.1. The summed E-state index contributed by atoms with van der Waals surface area (Å²) in [6.45, 7) is 2.16. The van der Waals surface area contributed by atoms with Crippen molar-refractivity contribution in [3.8, 4) is 0 Å². The van der Waals surface area contributed by atoms with E-state index in [0.717, 1.165) is 5.01 Å². The number of aryl methyl sites for hydroxylation is 1. The Bertz CT molecular complexity index is 555. The molecule has 0 aromatic carbocycles. The first-order valence-electron chi connectivity index (χ1n) is 6.56. The number of nitrogens with one attached hydrogen (secondary N) is 1. The van der Waals surface area contributed by atoms with Gasteiger partial charge in [0.15, 0.2) is 5.82 Å². The van der Waals surface area contributed by atoms with Gasteiger partial charge in [-0.05, 0) is 0 Å². The van der Waals surface area contributed by atoms with Gasteiger partial charge < -0.3 is 10.1 Å². The van der Waals surface area contributed by atoms with E-state index in [1.165, 1.54) is 0 Å². The van der Waals surface area contributed by atoms with Crippen LogP contribution in [-0.2, 0) is 23.1 Å². The standard InChI is InChI=1S/C13H19N5O2S/c1-17-5-3-11(16-17)15-12(19)9-18(6-7-20-2)10-13-14-4-8-21-13/h3-5,8H,6-7,9-10H2,1-2H3,(H,15,16,19). The van der Waals surface area contributed by atoms with Gasteiger partial charge in [-0.2, -0.15) is 5.10 Å². The molecular formula is C13H19N5O2S. The highest BCUT2D eigenvalue weighted by atomic mass is 32.1. The third-order valence-electron chi connectivity index (χ3n) is 2.80. The summed E-state index contributed by atoms with van der Waals surface area (Å²) in [6, 6.07) is 1.76. The van der Waals surface area contributed by atoms with E-state index >= 15 is 0 Å². The zero-order valence-corrected chi connectivity index (χ0v) is 13.0. The molecule has 7 nitrogen and oxygen atoms in total. The molecule has 0 spiro atoms. The van der Waals surface area contributed by atoms with Crippen molar-refractivity contribution in [1.82, 2.24) is 19.7 Å². The third kappa shape index (κ3) is 5.25. The van der Waals surface area contributed by atoms with Crippen LogP contribution in [0.15, 0.2) is 23.8 Å². The fourth-order valence-electron chi connectivity index (χ4n) is 1.82. The number of aromatic nitrogens is 3. The summed E-state index contributed by atoms with van der Waals surface area (Å²) in [6.07, 6.45) is 3.55. The predicted molar refractivity (Wildman–Crippen MR) is 81.1 cm³/mol. The Labute approximate surface area is 127 Å². The molecule has 0 bridgehead atoms. The summed E-state index contributed by atoms with van der Waals surface area (Å²) in [5.41, 5.74) is 0. The van der Waals surface area contributed by atoms with E-state index in [1.807, 2.05) is 17.3 Å². The topological polar surface area (TPSA) is 72.3 Å². The van der Waals surface area contributed by atoms with Gasteiger partial charge in [0.1, 0.15) is 5.01 Å². The molecule has 2 rings (SSSR count). The monoisotopic (exact) mass is 309 g/mol. The molecule has 21 heavy (non-hydrogen) atoms. The van der Waals surface area contributed by atoms with Gasteiger partial charge in [-0.1, -0.05) is 0 Å². The Morgan fingerprint density at radius 2 is 2.43 bits per heavy atom. The highest BCUT2D eigenvalue weighted by Gasteiger charge is 2.13. The lowest BCUT2D eigenvalue weighted by molar-refractivity contribution is -0.117. The number of carbonyl (C=O) groups is 1. The normalized spacial score (nSPS) is 11.0. The number of amides is 1. The molecule has 0 atom stereocenters. The molecule has 1 N–H and O–H groups in total. The van der Waals surface area contributed by atoms with Crippen LogP contribution in [0.5, 0.6) is 0 Å². The summed E-state index contributed by atoms with van der Waals surface area (Å²) in [7, 11) is 3.46. The molecular weight excluding hydrogens is 290 g/mol. The van der Waals surface area contributed by atoms with Crippen LogP contribution < -0.4 is 5.32 Å². The summed E-state index contributed by atoms with van der Waals surface area (Å²) in [5.74, 6) is 0.463. The Kier molecular flexibility index (Phi) is 5.85. The first-order valence-corrected chi connectivity index (χ1v) is 7.44. The maximum Gasteiger partial charge on any atom is 0.239 e. The van der Waals surface area contributed by atoms with Gasteiger partial charge >= 0.3 is 0 Å². The van der Waals surface area contributed by atoms with Crippen molar-refractivity contribution >= 4 is 23.1 Å². The van der Waals surface area contributed by atoms with E-state index in [0.29, 0.717) is 25.5 Å². The summed E-state index contributed by atoms with van der Waals surface area (Å²) in [4.78, 5) is 18.3. The Balaban J connectivity index is 1.88. The van der Waals surface area contributed by atoms with Gasteiger partial charge in [0.2, 0.25) is 5.91 Å². The van der Waals surface area contributed by atoms with Gasteiger partial charge in [-0.3, -0.25) is 14.4 Å². The molecule has 0 unspecified atom stereocenters. The second-order valence-electron chi connectivity index (χ2n) is 4.55. The van der Waals surface area contributed by atoms with Crippen LogP contribution in [0.4, 0.5) is 5.82 Å². The third-order valence-corrected chi connectivity index (χ3v) is 3.57. The van der Waals surface area contributed by atoms with Crippen LogP contribution in [0.2, 0.25) is 0 Å². The van der Waals surface area contributed by atoms with E-state index in [4.69, 9.17) is 4.74 Å². The number of hydrogen-bond donors (Lipinski definition) is 1. The van der Waals surface area contributed by atoms with Crippen LogP contribution in [0.25, 0.3) is 0 Å². The minimum atomic E-state index is -0.0960.